The molecule has 0 aliphatic carbocycles. The van der Waals surface area contributed by atoms with Gasteiger partial charge in [0.15, 0.2) is 15.8 Å². The molecular weight excluding hydrogens is 453 g/mol. The first-order valence-corrected chi connectivity index (χ1v) is 9.88. The van der Waals surface area contributed by atoms with Crippen molar-refractivity contribution in [3.8, 4) is 5.75 Å². The monoisotopic (exact) mass is 481 g/mol. The van der Waals surface area contributed by atoms with Crippen molar-refractivity contribution in [2.75, 3.05) is 31.2 Å². The lowest BCUT2D eigenvalue weighted by Gasteiger charge is -2.12. The number of nitrogens with zero attached hydrogens (tertiary/aromatic N) is 1. The Morgan fingerprint density at radius 1 is 1.28 bits per heavy atom. The second-order valence-corrected chi connectivity index (χ2v) is 7.54. The zero-order valence-corrected chi connectivity index (χ0v) is 18.0. The molecule has 1 rings (SSSR count). The highest BCUT2D eigenvalue weighted by Gasteiger charge is 2.08. The van der Waals surface area contributed by atoms with Gasteiger partial charge in [-0.1, -0.05) is 37.8 Å². The zero-order chi connectivity index (χ0) is 17.8. The number of para-hydroxylation sites is 1. The third-order valence-corrected chi connectivity index (χ3v) is 4.93. The van der Waals surface area contributed by atoms with Gasteiger partial charge in [0.05, 0.1) is 12.3 Å². The third-order valence-electron chi connectivity index (χ3n) is 3.23. The average Bonchev–Trinajstić information content (AvgIpc) is 2.58. The summed E-state index contributed by atoms with van der Waals surface area (Å²) >= 11 is 0. The predicted octanol–water partition coefficient (Wildman–Crippen LogP) is 2.36. The summed E-state index contributed by atoms with van der Waals surface area (Å²) in [6.07, 6.45) is 1.69. The molecule has 2 N–H and O–H groups in total. The molecule has 6 nitrogen and oxygen atoms in total. The van der Waals surface area contributed by atoms with Gasteiger partial charge in [0, 0.05) is 24.4 Å². The molecule has 0 bridgehead atoms. The SMILES string of the molecule is C=CCOc1ccccc1CN=C(NCC)NCCS(=O)(=O)CC.I. The van der Waals surface area contributed by atoms with Crippen LogP contribution in [0.2, 0.25) is 0 Å². The van der Waals surface area contributed by atoms with Gasteiger partial charge in [-0.2, -0.15) is 0 Å². The van der Waals surface area contributed by atoms with Gasteiger partial charge in [0.1, 0.15) is 12.4 Å². The zero-order valence-electron chi connectivity index (χ0n) is 14.8. The summed E-state index contributed by atoms with van der Waals surface area (Å²) in [6.45, 7) is 9.15. The predicted molar refractivity (Wildman–Crippen MR) is 115 cm³/mol. The fourth-order valence-corrected chi connectivity index (χ4v) is 2.60. The van der Waals surface area contributed by atoms with Crippen molar-refractivity contribution in [2.24, 2.45) is 4.99 Å². The Labute approximate surface area is 168 Å². The van der Waals surface area contributed by atoms with Gasteiger partial charge in [0.2, 0.25) is 0 Å². The maximum absolute atomic E-state index is 11.5. The normalized spacial score (nSPS) is 11.4. The molecule has 1 aromatic rings. The third kappa shape index (κ3) is 9.69. The summed E-state index contributed by atoms with van der Waals surface area (Å²) < 4.78 is 28.7. The summed E-state index contributed by atoms with van der Waals surface area (Å²) in [5.74, 6) is 1.59. The van der Waals surface area contributed by atoms with Crippen LogP contribution in [-0.2, 0) is 16.4 Å². The van der Waals surface area contributed by atoms with Crippen molar-refractivity contribution in [1.29, 1.82) is 0 Å². The molecule has 8 heteroatoms. The summed E-state index contributed by atoms with van der Waals surface area (Å²) in [5.41, 5.74) is 0.956. The number of nitrogens with one attached hydrogen (secondary N) is 2. The number of sulfone groups is 1. The number of hydrogen-bond donors (Lipinski definition) is 2. The van der Waals surface area contributed by atoms with E-state index in [1.165, 1.54) is 0 Å². The molecule has 25 heavy (non-hydrogen) atoms. The van der Waals surface area contributed by atoms with E-state index in [1.807, 2.05) is 31.2 Å². The van der Waals surface area contributed by atoms with Gasteiger partial charge in [-0.05, 0) is 13.0 Å². The Bertz CT molecular complexity index is 648. The molecule has 0 unspecified atom stereocenters. The molecular formula is C17H28IN3O3S. The van der Waals surface area contributed by atoms with Gasteiger partial charge < -0.3 is 15.4 Å². The highest BCUT2D eigenvalue weighted by atomic mass is 127. The van der Waals surface area contributed by atoms with Gasteiger partial charge in [-0.15, -0.1) is 24.0 Å². The van der Waals surface area contributed by atoms with Gasteiger partial charge in [-0.25, -0.2) is 13.4 Å². The molecule has 0 aromatic heterocycles. The Morgan fingerprint density at radius 2 is 2.00 bits per heavy atom. The van der Waals surface area contributed by atoms with Crippen LogP contribution in [0.3, 0.4) is 0 Å². The summed E-state index contributed by atoms with van der Waals surface area (Å²) in [5, 5.41) is 6.15. The minimum atomic E-state index is -2.99. The van der Waals surface area contributed by atoms with E-state index in [0.717, 1.165) is 11.3 Å². The summed E-state index contributed by atoms with van der Waals surface area (Å²) in [4.78, 5) is 4.49. The topological polar surface area (TPSA) is 79.8 Å². The van der Waals surface area contributed by atoms with Crippen LogP contribution in [-0.4, -0.2) is 45.6 Å². The molecule has 0 saturated heterocycles. The Hall–Kier alpha value is -1.29. The van der Waals surface area contributed by atoms with E-state index in [0.29, 0.717) is 32.2 Å². The van der Waals surface area contributed by atoms with E-state index in [2.05, 4.69) is 22.2 Å². The summed E-state index contributed by atoms with van der Waals surface area (Å²) in [7, 11) is -2.99. The lowest BCUT2D eigenvalue weighted by atomic mass is 10.2. The molecule has 0 aliphatic rings. The number of aliphatic imine (C=N–C) groups is 1. The largest absolute Gasteiger partial charge is 0.489 e. The van der Waals surface area contributed by atoms with Crippen LogP contribution in [0.5, 0.6) is 5.75 Å². The van der Waals surface area contributed by atoms with Gasteiger partial charge in [-0.3, -0.25) is 0 Å². The van der Waals surface area contributed by atoms with Crippen molar-refractivity contribution in [1.82, 2.24) is 10.6 Å². The molecule has 0 heterocycles. The Balaban J connectivity index is 0.00000576. The molecule has 0 amide bonds. The first kappa shape index (κ1) is 23.7. The highest BCUT2D eigenvalue weighted by molar-refractivity contribution is 14.0. The number of rotatable bonds is 10. The quantitative estimate of drug-likeness (QED) is 0.232. The number of guanidine groups is 1. The van der Waals surface area contributed by atoms with E-state index in [-0.39, 0.29) is 35.5 Å². The molecule has 0 spiro atoms. The van der Waals surface area contributed by atoms with Crippen molar-refractivity contribution in [3.05, 3.63) is 42.5 Å². The lowest BCUT2D eigenvalue weighted by Crippen LogP contribution is -2.39. The first-order valence-electron chi connectivity index (χ1n) is 8.06. The van der Waals surface area contributed by atoms with Crippen molar-refractivity contribution < 1.29 is 13.2 Å². The molecule has 1 aromatic carbocycles. The standard InChI is InChI=1S/C17H27N3O3S.HI/c1-4-12-23-16-10-8-7-9-15(16)14-20-17(18-5-2)19-11-13-24(21,22)6-3;/h4,7-10H,1,5-6,11-14H2,2-3H3,(H2,18,19,20);1H. The van der Waals surface area contributed by atoms with Crippen molar-refractivity contribution in [3.63, 3.8) is 0 Å². The highest BCUT2D eigenvalue weighted by Crippen LogP contribution is 2.18. The van der Waals surface area contributed by atoms with Crippen LogP contribution in [0.4, 0.5) is 0 Å². The van der Waals surface area contributed by atoms with Crippen LogP contribution >= 0.6 is 24.0 Å². The molecule has 0 radical (unpaired) electrons. The fourth-order valence-electron chi connectivity index (χ4n) is 1.90. The van der Waals surface area contributed by atoms with E-state index in [9.17, 15) is 8.42 Å². The average molecular weight is 481 g/mol. The first-order chi connectivity index (χ1) is 11.5. The Kier molecular flexibility index (Phi) is 12.3. The summed E-state index contributed by atoms with van der Waals surface area (Å²) in [6, 6.07) is 7.68. The van der Waals surface area contributed by atoms with Crippen LogP contribution in [0, 0.1) is 0 Å². The van der Waals surface area contributed by atoms with E-state index < -0.39 is 9.84 Å². The van der Waals surface area contributed by atoms with E-state index in [1.54, 1.807) is 13.0 Å². The number of halogens is 1. The number of ether oxygens (including phenoxy) is 1. The maximum Gasteiger partial charge on any atom is 0.191 e. The smallest absolute Gasteiger partial charge is 0.191 e. The molecule has 0 saturated carbocycles. The number of benzene rings is 1. The van der Waals surface area contributed by atoms with Gasteiger partial charge >= 0.3 is 0 Å². The fraction of sp³-hybridized carbons (Fsp3) is 0.471. The maximum atomic E-state index is 11.5. The van der Waals surface area contributed by atoms with Crippen LogP contribution < -0.4 is 15.4 Å². The van der Waals surface area contributed by atoms with Gasteiger partial charge in [0.25, 0.3) is 0 Å². The minimum absolute atomic E-state index is 0. The molecule has 142 valence electrons. The molecule has 0 atom stereocenters. The second kappa shape index (κ2) is 13.0. The van der Waals surface area contributed by atoms with E-state index >= 15 is 0 Å². The van der Waals surface area contributed by atoms with Crippen LogP contribution in [0.15, 0.2) is 41.9 Å². The molecule has 0 aliphatic heterocycles. The van der Waals surface area contributed by atoms with Crippen molar-refractivity contribution >= 4 is 39.8 Å². The Morgan fingerprint density at radius 3 is 2.64 bits per heavy atom. The number of hydrogen-bond acceptors (Lipinski definition) is 4. The lowest BCUT2D eigenvalue weighted by molar-refractivity contribution is 0.359. The second-order valence-electron chi connectivity index (χ2n) is 5.07. The van der Waals surface area contributed by atoms with Crippen LogP contribution in [0.25, 0.3) is 0 Å². The van der Waals surface area contributed by atoms with E-state index in [4.69, 9.17) is 4.74 Å². The minimum Gasteiger partial charge on any atom is -0.489 e. The molecule has 0 fully saturated rings. The van der Waals surface area contributed by atoms with Crippen molar-refractivity contribution in [2.45, 2.75) is 20.4 Å². The van der Waals surface area contributed by atoms with Crippen LogP contribution in [0.1, 0.15) is 19.4 Å².